The summed E-state index contributed by atoms with van der Waals surface area (Å²) in [4.78, 5) is 25.2. The molecule has 1 heterocycles. The number of hydrogen-bond donors (Lipinski definition) is 1. The molecule has 0 aromatic carbocycles. The molecule has 2 rings (SSSR count). The second kappa shape index (κ2) is 4.64. The first-order chi connectivity index (χ1) is 8.08. The van der Waals surface area contributed by atoms with Crippen molar-refractivity contribution < 1.29 is 19.4 Å². The summed E-state index contributed by atoms with van der Waals surface area (Å²) < 4.78 is 4.64. The Hall–Kier alpha value is -1.10. The summed E-state index contributed by atoms with van der Waals surface area (Å²) in [6, 6.07) is 0. The number of hydrogen-bond acceptors (Lipinski definition) is 4. The summed E-state index contributed by atoms with van der Waals surface area (Å²) in [6.07, 6.45) is 3.30. The lowest BCUT2D eigenvalue weighted by Crippen LogP contribution is -2.49. The number of carboxylic acid groups (broad SMARTS) is 1. The maximum absolute atomic E-state index is 11.6. The molecule has 1 aliphatic heterocycles. The van der Waals surface area contributed by atoms with Crippen LogP contribution in [-0.4, -0.2) is 48.7 Å². The molecule has 1 saturated heterocycles. The van der Waals surface area contributed by atoms with Gasteiger partial charge < -0.3 is 14.7 Å². The lowest BCUT2D eigenvalue weighted by atomic mass is 9.78. The standard InChI is InChI=1S/C12H19NO4/c1-17-11(16)12(10(14)15)4-6-13(7-5-12)8-9-2-3-9/h9H,2-8H2,1H3,(H,14,15). The first-order valence-corrected chi connectivity index (χ1v) is 6.12. The van der Waals surface area contributed by atoms with Gasteiger partial charge in [0.2, 0.25) is 0 Å². The average molecular weight is 241 g/mol. The van der Waals surface area contributed by atoms with Crippen molar-refractivity contribution in [1.29, 1.82) is 0 Å². The van der Waals surface area contributed by atoms with Gasteiger partial charge in [0.05, 0.1) is 7.11 Å². The maximum Gasteiger partial charge on any atom is 0.323 e. The van der Waals surface area contributed by atoms with Crippen LogP contribution in [0, 0.1) is 11.3 Å². The van der Waals surface area contributed by atoms with E-state index in [1.54, 1.807) is 0 Å². The monoisotopic (exact) mass is 241 g/mol. The summed E-state index contributed by atoms with van der Waals surface area (Å²) in [5.74, 6) is -0.850. The third-order valence-corrected chi connectivity index (χ3v) is 3.91. The minimum atomic E-state index is -1.31. The Kier molecular flexibility index (Phi) is 3.38. The number of methoxy groups -OCH3 is 1. The van der Waals surface area contributed by atoms with Crippen molar-refractivity contribution in [2.75, 3.05) is 26.7 Å². The van der Waals surface area contributed by atoms with Gasteiger partial charge in [-0.05, 0) is 44.7 Å². The van der Waals surface area contributed by atoms with Gasteiger partial charge in [-0.15, -0.1) is 0 Å². The lowest BCUT2D eigenvalue weighted by molar-refractivity contribution is -0.170. The highest BCUT2D eigenvalue weighted by Crippen LogP contribution is 2.36. The van der Waals surface area contributed by atoms with Crippen molar-refractivity contribution in [2.45, 2.75) is 25.7 Å². The van der Waals surface area contributed by atoms with Crippen molar-refractivity contribution in [2.24, 2.45) is 11.3 Å². The summed E-state index contributed by atoms with van der Waals surface area (Å²) in [5, 5.41) is 9.25. The predicted octanol–water partition coefficient (Wildman–Crippen LogP) is 0.736. The van der Waals surface area contributed by atoms with Gasteiger partial charge in [-0.2, -0.15) is 0 Å². The number of likely N-dealkylation sites (tertiary alicyclic amines) is 1. The SMILES string of the molecule is COC(=O)C1(C(=O)O)CCN(CC2CC2)CC1. The molecule has 2 aliphatic rings. The van der Waals surface area contributed by atoms with Crippen molar-refractivity contribution in [1.82, 2.24) is 4.90 Å². The minimum Gasteiger partial charge on any atom is -0.480 e. The van der Waals surface area contributed by atoms with Crippen LogP contribution in [-0.2, 0) is 14.3 Å². The zero-order chi connectivity index (χ0) is 12.5. The van der Waals surface area contributed by atoms with Crippen LogP contribution in [0.2, 0.25) is 0 Å². The molecule has 0 radical (unpaired) electrons. The second-order valence-electron chi connectivity index (χ2n) is 5.12. The lowest BCUT2D eigenvalue weighted by Gasteiger charge is -2.36. The number of aliphatic carboxylic acids is 1. The summed E-state index contributed by atoms with van der Waals surface area (Å²) in [7, 11) is 1.25. The molecule has 0 amide bonds. The average Bonchev–Trinajstić information content (AvgIpc) is 3.13. The molecule has 0 atom stereocenters. The molecule has 0 unspecified atom stereocenters. The Labute approximate surface area is 101 Å². The van der Waals surface area contributed by atoms with Crippen molar-refractivity contribution in [3.8, 4) is 0 Å². The highest BCUT2D eigenvalue weighted by Gasteiger charge is 2.49. The van der Waals surface area contributed by atoms with Gasteiger partial charge in [0.25, 0.3) is 0 Å². The topological polar surface area (TPSA) is 66.8 Å². The van der Waals surface area contributed by atoms with Crippen molar-refractivity contribution in [3.63, 3.8) is 0 Å². The molecule has 0 bridgehead atoms. The van der Waals surface area contributed by atoms with E-state index >= 15 is 0 Å². The van der Waals surface area contributed by atoms with E-state index in [4.69, 9.17) is 0 Å². The Balaban J connectivity index is 1.96. The molecule has 0 spiro atoms. The number of rotatable bonds is 4. The van der Waals surface area contributed by atoms with Crippen molar-refractivity contribution in [3.05, 3.63) is 0 Å². The van der Waals surface area contributed by atoms with Crippen LogP contribution in [0.3, 0.4) is 0 Å². The van der Waals surface area contributed by atoms with E-state index in [2.05, 4.69) is 9.64 Å². The summed E-state index contributed by atoms with van der Waals surface area (Å²) in [5.41, 5.74) is -1.31. The van der Waals surface area contributed by atoms with Gasteiger partial charge in [-0.1, -0.05) is 0 Å². The van der Waals surface area contributed by atoms with Crippen molar-refractivity contribution >= 4 is 11.9 Å². The normalized spacial score (nSPS) is 24.3. The Morgan fingerprint density at radius 2 is 1.94 bits per heavy atom. The largest absolute Gasteiger partial charge is 0.480 e. The molecule has 5 heteroatoms. The van der Waals surface area contributed by atoms with Gasteiger partial charge in [0, 0.05) is 6.54 Å². The smallest absolute Gasteiger partial charge is 0.323 e. The maximum atomic E-state index is 11.6. The van der Waals surface area contributed by atoms with Gasteiger partial charge in [0.15, 0.2) is 5.41 Å². The van der Waals surface area contributed by atoms with Crippen LogP contribution in [0.15, 0.2) is 0 Å². The fourth-order valence-electron chi connectivity index (χ4n) is 2.48. The number of ether oxygens (including phenoxy) is 1. The van der Waals surface area contributed by atoms with Crippen LogP contribution in [0.4, 0.5) is 0 Å². The molecule has 0 aromatic heterocycles. The fraction of sp³-hybridized carbons (Fsp3) is 0.833. The van der Waals surface area contributed by atoms with Crippen LogP contribution >= 0.6 is 0 Å². The molecular weight excluding hydrogens is 222 g/mol. The van der Waals surface area contributed by atoms with Crippen LogP contribution in [0.25, 0.3) is 0 Å². The fourth-order valence-corrected chi connectivity index (χ4v) is 2.48. The molecule has 1 saturated carbocycles. The van der Waals surface area contributed by atoms with E-state index in [1.807, 2.05) is 0 Å². The van der Waals surface area contributed by atoms with Gasteiger partial charge >= 0.3 is 11.9 Å². The van der Waals surface area contributed by atoms with Gasteiger partial charge in [-0.25, -0.2) is 0 Å². The first-order valence-electron chi connectivity index (χ1n) is 6.12. The molecule has 5 nitrogen and oxygen atoms in total. The van der Waals surface area contributed by atoms with Crippen LogP contribution in [0.5, 0.6) is 0 Å². The van der Waals surface area contributed by atoms with E-state index in [0.717, 1.165) is 12.5 Å². The molecule has 17 heavy (non-hydrogen) atoms. The number of esters is 1. The molecule has 96 valence electrons. The summed E-state index contributed by atoms with van der Waals surface area (Å²) in [6.45, 7) is 2.41. The highest BCUT2D eigenvalue weighted by molar-refractivity contribution is 5.99. The Bertz CT molecular complexity index is 316. The van der Waals surface area contributed by atoms with E-state index in [0.29, 0.717) is 25.9 Å². The zero-order valence-electron chi connectivity index (χ0n) is 10.1. The quantitative estimate of drug-likeness (QED) is 0.580. The number of nitrogens with zero attached hydrogens (tertiary/aromatic N) is 1. The number of piperidine rings is 1. The molecule has 1 aliphatic carbocycles. The highest BCUT2D eigenvalue weighted by atomic mass is 16.5. The van der Waals surface area contributed by atoms with Gasteiger partial charge in [-0.3, -0.25) is 9.59 Å². The number of carbonyl (C=O) groups is 2. The zero-order valence-corrected chi connectivity index (χ0v) is 10.1. The molecule has 2 fully saturated rings. The molecule has 1 N–H and O–H groups in total. The third-order valence-electron chi connectivity index (χ3n) is 3.91. The Morgan fingerprint density at radius 3 is 2.35 bits per heavy atom. The van der Waals surface area contributed by atoms with Crippen LogP contribution < -0.4 is 0 Å². The summed E-state index contributed by atoms with van der Waals surface area (Å²) >= 11 is 0. The number of carbonyl (C=O) groups excluding carboxylic acids is 1. The first kappa shape index (κ1) is 12.4. The van der Waals surface area contributed by atoms with Crippen LogP contribution in [0.1, 0.15) is 25.7 Å². The van der Waals surface area contributed by atoms with Gasteiger partial charge in [0.1, 0.15) is 0 Å². The van der Waals surface area contributed by atoms with E-state index in [-0.39, 0.29) is 0 Å². The molecular formula is C12H19NO4. The van der Waals surface area contributed by atoms with E-state index < -0.39 is 17.4 Å². The second-order valence-corrected chi connectivity index (χ2v) is 5.12. The predicted molar refractivity (Wildman–Crippen MR) is 60.5 cm³/mol. The van der Waals surface area contributed by atoms with E-state index in [1.165, 1.54) is 20.0 Å². The molecule has 0 aromatic rings. The number of carboxylic acids is 1. The minimum absolute atomic E-state index is 0.363. The third kappa shape index (κ3) is 2.44. The van der Waals surface area contributed by atoms with E-state index in [9.17, 15) is 14.7 Å². The Morgan fingerprint density at radius 1 is 1.35 bits per heavy atom.